The van der Waals surface area contributed by atoms with Gasteiger partial charge in [0.15, 0.2) is 0 Å². The molecule has 0 fully saturated rings. The second-order valence-corrected chi connectivity index (χ2v) is 6.59. The number of carbonyl (C=O) groups excluding carboxylic acids is 1. The lowest BCUT2D eigenvalue weighted by molar-refractivity contribution is -0.0127. The quantitative estimate of drug-likeness (QED) is 0.829. The fourth-order valence-corrected chi connectivity index (χ4v) is 3.68. The highest BCUT2D eigenvalue weighted by atomic mass is 19.3. The number of nitrogens with one attached hydrogen (secondary N) is 1. The van der Waals surface area contributed by atoms with E-state index in [0.717, 1.165) is 4.68 Å². The molecule has 25 heavy (non-hydrogen) atoms. The van der Waals surface area contributed by atoms with Gasteiger partial charge in [-0.05, 0) is 36.6 Å². The zero-order valence-electron chi connectivity index (χ0n) is 13.4. The highest BCUT2D eigenvalue weighted by molar-refractivity contribution is 5.89. The summed E-state index contributed by atoms with van der Waals surface area (Å²) in [5.41, 5.74) is 7.73. The van der Waals surface area contributed by atoms with E-state index in [9.17, 15) is 18.0 Å². The van der Waals surface area contributed by atoms with Gasteiger partial charge in [0.1, 0.15) is 11.6 Å². The number of hydrogen-bond donors (Lipinski definition) is 2. The van der Waals surface area contributed by atoms with Gasteiger partial charge in [-0.1, -0.05) is 0 Å². The van der Waals surface area contributed by atoms with Crippen molar-refractivity contribution in [3.05, 3.63) is 40.8 Å². The van der Waals surface area contributed by atoms with Crippen LogP contribution in [-0.2, 0) is 12.8 Å². The largest absolute Gasteiger partial charge is 0.385 e. The molecule has 0 saturated carbocycles. The number of nitrogen functional groups attached to an aromatic ring is 1. The average molecular weight is 350 g/mol. The number of benzene rings is 1. The molecule has 0 radical (unpaired) electrons. The van der Waals surface area contributed by atoms with Crippen molar-refractivity contribution >= 4 is 17.4 Å². The minimum absolute atomic E-state index is 0.0314. The number of nitrogens with two attached hydrogens (primary N) is 1. The van der Waals surface area contributed by atoms with Crippen molar-refractivity contribution in [1.29, 1.82) is 0 Å². The van der Waals surface area contributed by atoms with Crippen LogP contribution >= 0.6 is 0 Å². The monoisotopic (exact) mass is 350 g/mol. The third kappa shape index (κ3) is 2.65. The number of nitrogens with zero attached hydrogens (tertiary/aromatic N) is 2. The normalized spacial score (nSPS) is 21.2. The van der Waals surface area contributed by atoms with Crippen LogP contribution in [0.25, 0.3) is 0 Å². The molecule has 0 bridgehead atoms. The smallest absolute Gasteiger partial charge is 0.254 e. The molecule has 2 heterocycles. The van der Waals surface area contributed by atoms with Crippen molar-refractivity contribution in [3.63, 3.8) is 0 Å². The maximum atomic E-state index is 13.6. The Balaban J connectivity index is 1.74. The summed E-state index contributed by atoms with van der Waals surface area (Å²) in [6.45, 7) is 0.562. The molecule has 8 heteroatoms. The van der Waals surface area contributed by atoms with Crippen LogP contribution in [0.2, 0.25) is 0 Å². The van der Waals surface area contributed by atoms with Gasteiger partial charge in [0.05, 0.1) is 11.6 Å². The fourth-order valence-electron chi connectivity index (χ4n) is 3.68. The van der Waals surface area contributed by atoms with Crippen molar-refractivity contribution in [2.24, 2.45) is 0 Å². The average Bonchev–Trinajstić information content (AvgIpc) is 2.89. The first-order valence-electron chi connectivity index (χ1n) is 8.17. The lowest BCUT2D eigenvalue weighted by Gasteiger charge is -2.27. The summed E-state index contributed by atoms with van der Waals surface area (Å²) in [5.74, 6) is -4.23. The maximum Gasteiger partial charge on any atom is 0.254 e. The van der Waals surface area contributed by atoms with Gasteiger partial charge < -0.3 is 11.1 Å². The van der Waals surface area contributed by atoms with E-state index >= 15 is 0 Å². The fraction of sp³-hybridized carbons (Fsp3) is 0.412. The summed E-state index contributed by atoms with van der Waals surface area (Å²) in [4.78, 5) is 13.0. The summed E-state index contributed by atoms with van der Waals surface area (Å²) in [7, 11) is 0. The Morgan fingerprint density at radius 2 is 2.20 bits per heavy atom. The summed E-state index contributed by atoms with van der Waals surface area (Å²) in [5, 5.41) is 7.16. The SMILES string of the molecule is Nc1nn(C(=O)C2CCNc3ccc(F)cc32)c2c1CC(F)(F)CC2. The standard InChI is InChI=1S/C17H17F3N4O/c18-9-1-2-13-11(7-9)10(4-6-22-13)16(25)24-14-3-5-17(19,20)8-12(14)15(21)23-24/h1-2,7,10,22H,3-6,8H2,(H2,21,23). The van der Waals surface area contributed by atoms with E-state index < -0.39 is 24.1 Å². The van der Waals surface area contributed by atoms with E-state index in [1.807, 2.05) is 0 Å². The van der Waals surface area contributed by atoms with Gasteiger partial charge >= 0.3 is 0 Å². The Morgan fingerprint density at radius 1 is 1.40 bits per heavy atom. The number of hydrogen-bond acceptors (Lipinski definition) is 4. The molecular weight excluding hydrogens is 333 g/mol. The number of fused-ring (bicyclic) bond motifs is 2. The second-order valence-electron chi connectivity index (χ2n) is 6.59. The highest BCUT2D eigenvalue weighted by Crippen LogP contribution is 2.38. The van der Waals surface area contributed by atoms with Gasteiger partial charge in [-0.3, -0.25) is 4.79 Å². The van der Waals surface area contributed by atoms with Crippen LogP contribution in [0.1, 0.15) is 40.4 Å². The molecule has 3 N–H and O–H groups in total. The molecule has 1 aromatic carbocycles. The van der Waals surface area contributed by atoms with Crippen LogP contribution in [0.15, 0.2) is 18.2 Å². The van der Waals surface area contributed by atoms with Crippen LogP contribution in [0.5, 0.6) is 0 Å². The number of anilines is 2. The number of alkyl halides is 2. The minimum Gasteiger partial charge on any atom is -0.385 e. The Hall–Kier alpha value is -2.51. The molecule has 2 aromatic rings. The van der Waals surface area contributed by atoms with Crippen molar-refractivity contribution in [2.75, 3.05) is 17.6 Å². The van der Waals surface area contributed by atoms with E-state index in [0.29, 0.717) is 29.9 Å². The first kappa shape index (κ1) is 16.0. The molecule has 1 aromatic heterocycles. The first-order chi connectivity index (χ1) is 11.9. The third-order valence-corrected chi connectivity index (χ3v) is 4.93. The number of rotatable bonds is 1. The Bertz CT molecular complexity index is 862. The third-order valence-electron chi connectivity index (χ3n) is 4.93. The van der Waals surface area contributed by atoms with Crippen LogP contribution in [0, 0.1) is 5.82 Å². The van der Waals surface area contributed by atoms with Crippen molar-refractivity contribution in [1.82, 2.24) is 9.78 Å². The Kier molecular flexibility index (Phi) is 3.52. The van der Waals surface area contributed by atoms with Crippen molar-refractivity contribution in [3.8, 4) is 0 Å². The lowest BCUT2D eigenvalue weighted by Crippen LogP contribution is -2.31. The molecule has 0 spiro atoms. The van der Waals surface area contributed by atoms with Crippen molar-refractivity contribution in [2.45, 2.75) is 37.5 Å². The maximum absolute atomic E-state index is 13.6. The predicted molar refractivity (Wildman–Crippen MR) is 86.5 cm³/mol. The molecule has 0 saturated heterocycles. The van der Waals surface area contributed by atoms with E-state index in [4.69, 9.17) is 5.73 Å². The van der Waals surface area contributed by atoms with Gasteiger partial charge in [-0.25, -0.2) is 17.9 Å². The summed E-state index contributed by atoms with van der Waals surface area (Å²) in [6, 6.07) is 4.25. The minimum atomic E-state index is -2.83. The van der Waals surface area contributed by atoms with Crippen molar-refractivity contribution < 1.29 is 18.0 Å². The number of halogens is 3. The molecule has 1 aliphatic heterocycles. The molecular formula is C17H17F3N4O. The molecule has 2 aliphatic rings. The van der Waals surface area contributed by atoms with E-state index in [1.165, 1.54) is 12.1 Å². The van der Waals surface area contributed by atoms with Gasteiger partial charge in [0, 0.05) is 30.6 Å². The Morgan fingerprint density at radius 3 is 3.00 bits per heavy atom. The molecule has 4 rings (SSSR count). The molecule has 1 atom stereocenters. The zero-order valence-corrected chi connectivity index (χ0v) is 13.4. The summed E-state index contributed by atoms with van der Waals surface area (Å²) >= 11 is 0. The molecule has 1 unspecified atom stereocenters. The van der Waals surface area contributed by atoms with E-state index in [2.05, 4.69) is 10.4 Å². The Labute approximate surface area is 142 Å². The topological polar surface area (TPSA) is 72.9 Å². The van der Waals surface area contributed by atoms with Crippen LogP contribution in [0.3, 0.4) is 0 Å². The van der Waals surface area contributed by atoms with E-state index in [-0.39, 0.29) is 30.1 Å². The molecule has 0 amide bonds. The molecule has 1 aliphatic carbocycles. The van der Waals surface area contributed by atoms with Gasteiger partial charge in [0.25, 0.3) is 11.8 Å². The van der Waals surface area contributed by atoms with Gasteiger partial charge in [-0.2, -0.15) is 0 Å². The number of carbonyl (C=O) groups is 1. The molecule has 132 valence electrons. The van der Waals surface area contributed by atoms with Gasteiger partial charge in [0.2, 0.25) is 0 Å². The lowest BCUT2D eigenvalue weighted by atomic mass is 9.89. The zero-order chi connectivity index (χ0) is 17.8. The van der Waals surface area contributed by atoms with Gasteiger partial charge in [-0.15, -0.1) is 5.10 Å². The summed E-state index contributed by atoms with van der Waals surface area (Å²) in [6.07, 6.45) is -0.325. The predicted octanol–water partition coefficient (Wildman–Crippen LogP) is 2.97. The second kappa shape index (κ2) is 5.50. The van der Waals surface area contributed by atoms with E-state index in [1.54, 1.807) is 6.07 Å². The van der Waals surface area contributed by atoms with Crippen LogP contribution in [0.4, 0.5) is 24.7 Å². The van der Waals surface area contributed by atoms with Crippen LogP contribution in [-0.4, -0.2) is 28.2 Å². The first-order valence-corrected chi connectivity index (χ1v) is 8.17. The summed E-state index contributed by atoms with van der Waals surface area (Å²) < 4.78 is 42.1. The number of aromatic nitrogens is 2. The van der Waals surface area contributed by atoms with Crippen LogP contribution < -0.4 is 11.1 Å². The molecule has 5 nitrogen and oxygen atoms in total. The highest BCUT2D eigenvalue weighted by Gasteiger charge is 2.39.